The number of pyridine rings is 2. The topological polar surface area (TPSA) is 145 Å². The number of nitriles is 1. The second kappa shape index (κ2) is 10.3. The van der Waals surface area contributed by atoms with Crippen molar-refractivity contribution in [3.63, 3.8) is 0 Å². The lowest BCUT2D eigenvalue weighted by Gasteiger charge is -2.28. The summed E-state index contributed by atoms with van der Waals surface area (Å²) in [6, 6.07) is 7.43. The third-order valence-corrected chi connectivity index (χ3v) is 6.43. The van der Waals surface area contributed by atoms with E-state index in [2.05, 4.69) is 32.0 Å². The van der Waals surface area contributed by atoms with Crippen LogP contribution in [0.4, 0.5) is 5.69 Å². The normalized spacial score (nSPS) is 17.9. The van der Waals surface area contributed by atoms with Gasteiger partial charge in [0.1, 0.15) is 17.5 Å². The first kappa shape index (κ1) is 25.1. The third kappa shape index (κ3) is 5.63. The number of hydrogen-bond donors (Lipinski definition) is 4. The van der Waals surface area contributed by atoms with Gasteiger partial charge in [-0.05, 0) is 51.7 Å². The van der Waals surface area contributed by atoms with Gasteiger partial charge in [-0.25, -0.2) is 9.97 Å². The number of carbonyl (C=O) groups excluding carboxylic acids is 2. The molecule has 2 amide bonds. The highest BCUT2D eigenvalue weighted by Crippen LogP contribution is 2.26. The van der Waals surface area contributed by atoms with E-state index in [1.807, 2.05) is 12.3 Å². The summed E-state index contributed by atoms with van der Waals surface area (Å²) < 4.78 is 1.79. The van der Waals surface area contributed by atoms with Crippen molar-refractivity contribution in [3.05, 3.63) is 47.9 Å². The van der Waals surface area contributed by atoms with E-state index in [1.54, 1.807) is 37.6 Å². The maximum absolute atomic E-state index is 13.2. The molecule has 10 nitrogen and oxygen atoms in total. The molecular formula is C26H31N7O3. The number of hydrogen-bond acceptors (Lipinski definition) is 7. The van der Waals surface area contributed by atoms with Crippen molar-refractivity contribution in [2.75, 3.05) is 18.9 Å². The van der Waals surface area contributed by atoms with Crippen molar-refractivity contribution in [3.8, 4) is 11.9 Å². The minimum absolute atomic E-state index is 0.0117. The van der Waals surface area contributed by atoms with E-state index in [1.165, 1.54) is 12.4 Å². The van der Waals surface area contributed by atoms with Crippen molar-refractivity contribution >= 4 is 28.5 Å². The minimum atomic E-state index is -0.995. The molecule has 1 aliphatic rings. The first-order chi connectivity index (χ1) is 17.2. The van der Waals surface area contributed by atoms with Crippen LogP contribution in [0.2, 0.25) is 0 Å². The summed E-state index contributed by atoms with van der Waals surface area (Å²) in [5.74, 6) is 0.323. The summed E-state index contributed by atoms with van der Waals surface area (Å²) in [5.41, 5.74) is 1.02. The number of carbonyl (C=O) groups is 2. The number of rotatable bonds is 7. The summed E-state index contributed by atoms with van der Waals surface area (Å²) in [7, 11) is 1.64. The van der Waals surface area contributed by atoms with Crippen molar-refractivity contribution in [2.45, 2.75) is 51.2 Å². The van der Waals surface area contributed by atoms with Crippen LogP contribution in [0.5, 0.6) is 0 Å². The predicted molar refractivity (Wildman–Crippen MR) is 136 cm³/mol. The van der Waals surface area contributed by atoms with Gasteiger partial charge in [0.2, 0.25) is 5.91 Å². The average Bonchev–Trinajstić information content (AvgIpc) is 3.30. The Bertz CT molecular complexity index is 1310. The Hall–Kier alpha value is -3.97. The van der Waals surface area contributed by atoms with E-state index >= 15 is 0 Å². The Morgan fingerprint density at radius 1 is 1.19 bits per heavy atom. The van der Waals surface area contributed by atoms with E-state index < -0.39 is 5.60 Å². The highest BCUT2D eigenvalue weighted by Gasteiger charge is 2.27. The maximum atomic E-state index is 13.2. The van der Waals surface area contributed by atoms with Gasteiger partial charge >= 0.3 is 0 Å². The van der Waals surface area contributed by atoms with Crippen molar-refractivity contribution in [1.82, 2.24) is 25.2 Å². The van der Waals surface area contributed by atoms with Crippen LogP contribution in [-0.4, -0.2) is 56.7 Å². The van der Waals surface area contributed by atoms with Crippen LogP contribution in [0, 0.1) is 17.2 Å². The molecule has 1 fully saturated rings. The van der Waals surface area contributed by atoms with Crippen molar-refractivity contribution < 1.29 is 14.7 Å². The lowest BCUT2D eigenvalue weighted by molar-refractivity contribution is -0.125. The molecule has 4 rings (SSSR count). The van der Waals surface area contributed by atoms with Crippen LogP contribution in [0.25, 0.3) is 16.9 Å². The molecule has 0 unspecified atom stereocenters. The quantitative estimate of drug-likeness (QED) is 0.399. The van der Waals surface area contributed by atoms with E-state index in [9.17, 15) is 14.7 Å². The average molecular weight is 490 g/mol. The number of nitrogens with one attached hydrogen (secondary N) is 3. The molecule has 0 aliphatic heterocycles. The van der Waals surface area contributed by atoms with Gasteiger partial charge in [0.25, 0.3) is 5.91 Å². The Morgan fingerprint density at radius 2 is 1.94 bits per heavy atom. The Kier molecular flexibility index (Phi) is 7.22. The molecule has 3 heterocycles. The van der Waals surface area contributed by atoms with Gasteiger partial charge in [0.15, 0.2) is 0 Å². The fraction of sp³-hybridized carbons (Fsp3) is 0.423. The smallest absolute Gasteiger partial charge is 0.255 e. The van der Waals surface area contributed by atoms with Gasteiger partial charge < -0.3 is 21.1 Å². The molecule has 3 aromatic rings. The second-order valence-corrected chi connectivity index (χ2v) is 9.82. The Labute approximate surface area is 209 Å². The fourth-order valence-corrected chi connectivity index (χ4v) is 4.45. The molecular weight excluding hydrogens is 458 g/mol. The van der Waals surface area contributed by atoms with Gasteiger partial charge in [-0.1, -0.05) is 0 Å². The number of nitrogens with zero attached hydrogens (tertiary/aromatic N) is 4. The largest absolute Gasteiger partial charge is 0.389 e. The van der Waals surface area contributed by atoms with Gasteiger partial charge in [-0.2, -0.15) is 5.26 Å². The molecule has 1 aliphatic carbocycles. The molecule has 3 aromatic heterocycles. The summed E-state index contributed by atoms with van der Waals surface area (Å²) in [5, 5.41) is 29.2. The van der Waals surface area contributed by atoms with Crippen molar-refractivity contribution in [1.29, 1.82) is 5.26 Å². The van der Waals surface area contributed by atoms with Gasteiger partial charge in [-0.3, -0.25) is 14.2 Å². The molecule has 0 radical (unpaired) electrons. The maximum Gasteiger partial charge on any atom is 0.255 e. The molecule has 0 atom stereocenters. The Balaban J connectivity index is 1.58. The first-order valence-electron chi connectivity index (χ1n) is 12.0. The molecule has 0 saturated heterocycles. The van der Waals surface area contributed by atoms with E-state index in [0.717, 1.165) is 31.1 Å². The molecule has 188 valence electrons. The zero-order valence-electron chi connectivity index (χ0n) is 20.7. The van der Waals surface area contributed by atoms with Gasteiger partial charge in [-0.15, -0.1) is 0 Å². The molecule has 1 saturated carbocycles. The first-order valence-corrected chi connectivity index (χ1v) is 12.0. The minimum Gasteiger partial charge on any atom is -0.389 e. The standard InChI is InChI=1S/C26H31N7O3/c1-26(2,36)15-31-21-11-22(33-9-8-18-10-16(12-27)13-30-23(18)33)29-14-20(21)25(35)32-19-6-4-17(5-7-19)24(34)28-3/h8-11,13-14,17,19,36H,4-7,15H2,1-3H3,(H,28,34)(H,29,31)(H,32,35). The molecule has 0 aromatic carbocycles. The lowest BCUT2D eigenvalue weighted by Crippen LogP contribution is -2.40. The third-order valence-electron chi connectivity index (χ3n) is 6.43. The summed E-state index contributed by atoms with van der Waals surface area (Å²) in [6.45, 7) is 3.59. The SMILES string of the molecule is CNC(=O)C1CCC(NC(=O)c2cnc(-n3ccc4cc(C#N)cnc43)cc2NCC(C)(C)O)CC1. The van der Waals surface area contributed by atoms with Crippen LogP contribution in [-0.2, 0) is 4.79 Å². The molecule has 0 bridgehead atoms. The Morgan fingerprint density at radius 3 is 2.61 bits per heavy atom. The molecule has 10 heteroatoms. The number of fused-ring (bicyclic) bond motifs is 1. The molecule has 4 N–H and O–H groups in total. The predicted octanol–water partition coefficient (Wildman–Crippen LogP) is 2.51. The molecule has 0 spiro atoms. The fourth-order valence-electron chi connectivity index (χ4n) is 4.45. The van der Waals surface area contributed by atoms with E-state index in [-0.39, 0.29) is 30.3 Å². The van der Waals surface area contributed by atoms with Crippen LogP contribution in [0.15, 0.2) is 36.8 Å². The second-order valence-electron chi connectivity index (χ2n) is 9.82. The van der Waals surface area contributed by atoms with Gasteiger partial charge in [0.05, 0.1) is 22.4 Å². The van der Waals surface area contributed by atoms with Crippen LogP contribution >= 0.6 is 0 Å². The highest BCUT2D eigenvalue weighted by molar-refractivity contribution is 5.99. The zero-order valence-corrected chi connectivity index (χ0v) is 20.7. The number of amides is 2. The van der Waals surface area contributed by atoms with Gasteiger partial charge in [0, 0.05) is 55.6 Å². The zero-order chi connectivity index (χ0) is 25.9. The number of aliphatic hydroxyl groups is 1. The highest BCUT2D eigenvalue weighted by atomic mass is 16.3. The molecule has 36 heavy (non-hydrogen) atoms. The monoisotopic (exact) mass is 489 g/mol. The van der Waals surface area contributed by atoms with Crippen molar-refractivity contribution in [2.24, 2.45) is 5.92 Å². The number of anilines is 1. The summed E-state index contributed by atoms with van der Waals surface area (Å²) >= 11 is 0. The van der Waals surface area contributed by atoms with Crippen LogP contribution in [0.1, 0.15) is 55.5 Å². The van der Waals surface area contributed by atoms with Crippen LogP contribution < -0.4 is 16.0 Å². The van der Waals surface area contributed by atoms with E-state index in [4.69, 9.17) is 5.26 Å². The number of aromatic nitrogens is 3. The van der Waals surface area contributed by atoms with E-state index in [0.29, 0.717) is 28.3 Å². The summed E-state index contributed by atoms with van der Waals surface area (Å²) in [4.78, 5) is 34.0. The summed E-state index contributed by atoms with van der Waals surface area (Å²) in [6.07, 6.45) is 7.75. The van der Waals surface area contributed by atoms with Crippen LogP contribution in [0.3, 0.4) is 0 Å². The lowest BCUT2D eigenvalue weighted by atomic mass is 9.85.